The van der Waals surface area contributed by atoms with Crippen LogP contribution in [0.4, 0.5) is 17.5 Å². The summed E-state index contributed by atoms with van der Waals surface area (Å²) in [6.45, 7) is 0.360. The molecular formula is C10H9N5O2. The summed E-state index contributed by atoms with van der Waals surface area (Å²) >= 11 is 0. The van der Waals surface area contributed by atoms with Crippen LogP contribution in [0.2, 0.25) is 0 Å². The Labute approximate surface area is 97.8 Å². The molecule has 0 amide bonds. The van der Waals surface area contributed by atoms with Gasteiger partial charge >= 0.3 is 5.69 Å². The van der Waals surface area contributed by atoms with Gasteiger partial charge in [-0.1, -0.05) is 11.8 Å². The smallest absolute Gasteiger partial charge is 0.329 e. The predicted octanol–water partition coefficient (Wildman–Crippen LogP) is 0.475. The number of nitrogens with one attached hydrogen (secondary N) is 2. The molecule has 17 heavy (non-hydrogen) atoms. The summed E-state index contributed by atoms with van der Waals surface area (Å²) in [7, 11) is 0. The molecule has 7 heteroatoms. The van der Waals surface area contributed by atoms with Gasteiger partial charge in [-0.15, -0.1) is 12.8 Å². The molecule has 0 radical (unpaired) electrons. The summed E-state index contributed by atoms with van der Waals surface area (Å²) in [5.74, 6) is 4.90. The number of rotatable bonds is 5. The van der Waals surface area contributed by atoms with Gasteiger partial charge in [0.1, 0.15) is 6.20 Å². The Morgan fingerprint density at radius 3 is 2.59 bits per heavy atom. The van der Waals surface area contributed by atoms with Crippen LogP contribution >= 0.6 is 0 Å². The maximum absolute atomic E-state index is 10.7. The summed E-state index contributed by atoms with van der Waals surface area (Å²) in [6.07, 6.45) is 11.2. The third-order valence-corrected chi connectivity index (χ3v) is 1.67. The van der Waals surface area contributed by atoms with Gasteiger partial charge in [-0.3, -0.25) is 10.1 Å². The van der Waals surface area contributed by atoms with Crippen LogP contribution < -0.4 is 10.6 Å². The third kappa shape index (κ3) is 3.36. The van der Waals surface area contributed by atoms with E-state index >= 15 is 0 Å². The van der Waals surface area contributed by atoms with Crippen molar-refractivity contribution in [2.24, 2.45) is 0 Å². The van der Waals surface area contributed by atoms with Crippen molar-refractivity contribution in [3.8, 4) is 24.7 Å². The number of aromatic nitrogens is 2. The first-order valence-electron chi connectivity index (χ1n) is 4.55. The first kappa shape index (κ1) is 12.3. The summed E-state index contributed by atoms with van der Waals surface area (Å²) in [5.41, 5.74) is -0.244. The maximum Gasteiger partial charge on any atom is 0.329 e. The highest BCUT2D eigenvalue weighted by Crippen LogP contribution is 2.21. The first-order valence-corrected chi connectivity index (χ1v) is 4.55. The minimum absolute atomic E-state index is 0.0578. The molecule has 0 spiro atoms. The Balaban J connectivity index is 2.98. The van der Waals surface area contributed by atoms with Crippen LogP contribution in [0.3, 0.4) is 0 Å². The normalized spacial score (nSPS) is 8.82. The van der Waals surface area contributed by atoms with E-state index in [9.17, 15) is 10.1 Å². The Morgan fingerprint density at radius 2 is 2.00 bits per heavy atom. The molecule has 0 fully saturated rings. The predicted molar refractivity (Wildman–Crippen MR) is 63.3 cm³/mol. The van der Waals surface area contributed by atoms with Crippen LogP contribution in [0, 0.1) is 34.8 Å². The van der Waals surface area contributed by atoms with Gasteiger partial charge in [-0.25, -0.2) is 4.98 Å². The van der Waals surface area contributed by atoms with Gasteiger partial charge in [0.2, 0.25) is 11.8 Å². The summed E-state index contributed by atoms with van der Waals surface area (Å²) in [5, 5.41) is 16.0. The number of hydrogen-bond acceptors (Lipinski definition) is 6. The van der Waals surface area contributed by atoms with Crippen molar-refractivity contribution in [1.29, 1.82) is 0 Å². The average Bonchev–Trinajstić information content (AvgIpc) is 2.33. The largest absolute Gasteiger partial charge is 0.353 e. The average molecular weight is 231 g/mol. The quantitative estimate of drug-likeness (QED) is 0.435. The molecule has 0 aliphatic rings. The Bertz CT molecular complexity index is 500. The van der Waals surface area contributed by atoms with E-state index in [0.29, 0.717) is 0 Å². The topological polar surface area (TPSA) is 93.0 Å². The standard InChI is InChI=1S/C10H9N5O2/c1-3-5-11-9-8(15(16)17)7-13-10(14-9)12-6-4-2/h1-2,7H,5-6H2,(H2,11,12,13,14). The van der Waals surface area contributed by atoms with Crippen molar-refractivity contribution < 1.29 is 4.92 Å². The molecule has 0 saturated carbocycles. The number of nitro groups is 1. The van der Waals surface area contributed by atoms with Gasteiger partial charge in [0, 0.05) is 0 Å². The second-order valence-electron chi connectivity index (χ2n) is 2.80. The molecular weight excluding hydrogens is 222 g/mol. The van der Waals surface area contributed by atoms with Crippen molar-refractivity contribution in [3.63, 3.8) is 0 Å². The van der Waals surface area contributed by atoms with E-state index in [-0.39, 0.29) is 30.5 Å². The zero-order chi connectivity index (χ0) is 12.7. The van der Waals surface area contributed by atoms with Gasteiger partial charge in [0.15, 0.2) is 0 Å². The maximum atomic E-state index is 10.7. The van der Waals surface area contributed by atoms with Gasteiger partial charge in [-0.05, 0) is 0 Å². The Kier molecular flexibility index (Phi) is 4.28. The molecule has 2 N–H and O–H groups in total. The highest BCUT2D eigenvalue weighted by Gasteiger charge is 2.16. The first-order chi connectivity index (χ1) is 8.19. The molecule has 1 heterocycles. The molecule has 86 valence electrons. The molecule has 1 rings (SSSR count). The molecule has 0 aliphatic heterocycles. The van der Waals surface area contributed by atoms with Crippen molar-refractivity contribution in [1.82, 2.24) is 9.97 Å². The lowest BCUT2D eigenvalue weighted by atomic mass is 10.4. The molecule has 1 aromatic rings. The molecule has 0 aromatic carbocycles. The number of hydrogen-bond donors (Lipinski definition) is 2. The lowest BCUT2D eigenvalue weighted by Crippen LogP contribution is -2.09. The highest BCUT2D eigenvalue weighted by molar-refractivity contribution is 5.57. The second kappa shape index (κ2) is 5.93. The van der Waals surface area contributed by atoms with Crippen molar-refractivity contribution in [2.75, 3.05) is 23.7 Å². The second-order valence-corrected chi connectivity index (χ2v) is 2.80. The van der Waals surface area contributed by atoms with Crippen LogP contribution in [-0.2, 0) is 0 Å². The lowest BCUT2D eigenvalue weighted by Gasteiger charge is -2.05. The molecule has 0 saturated heterocycles. The fourth-order valence-electron chi connectivity index (χ4n) is 0.989. The van der Waals surface area contributed by atoms with Crippen LogP contribution in [0.5, 0.6) is 0 Å². The van der Waals surface area contributed by atoms with Crippen LogP contribution in [0.25, 0.3) is 0 Å². The monoisotopic (exact) mass is 231 g/mol. The van der Waals surface area contributed by atoms with Crippen molar-refractivity contribution in [2.45, 2.75) is 0 Å². The molecule has 1 aromatic heterocycles. The minimum Gasteiger partial charge on any atom is -0.353 e. The molecule has 0 bridgehead atoms. The summed E-state index contributed by atoms with van der Waals surface area (Å²) in [4.78, 5) is 17.8. The van der Waals surface area contributed by atoms with E-state index in [1.807, 2.05) is 0 Å². The van der Waals surface area contributed by atoms with Gasteiger partial charge < -0.3 is 10.6 Å². The van der Waals surface area contributed by atoms with E-state index in [4.69, 9.17) is 12.8 Å². The molecule has 7 nitrogen and oxygen atoms in total. The fourth-order valence-corrected chi connectivity index (χ4v) is 0.989. The number of anilines is 2. The number of nitrogens with zero attached hydrogens (tertiary/aromatic N) is 3. The van der Waals surface area contributed by atoms with Crippen LogP contribution in [0.1, 0.15) is 0 Å². The van der Waals surface area contributed by atoms with E-state index in [1.54, 1.807) is 0 Å². The van der Waals surface area contributed by atoms with Gasteiger partial charge in [0.05, 0.1) is 18.0 Å². The van der Waals surface area contributed by atoms with Gasteiger partial charge in [0.25, 0.3) is 0 Å². The minimum atomic E-state index is -0.593. The molecule has 0 aliphatic carbocycles. The lowest BCUT2D eigenvalue weighted by molar-refractivity contribution is -0.384. The third-order valence-electron chi connectivity index (χ3n) is 1.67. The van der Waals surface area contributed by atoms with E-state index in [1.165, 1.54) is 0 Å². The fraction of sp³-hybridized carbons (Fsp3) is 0.200. The SMILES string of the molecule is C#CCNc1ncc([N+](=O)[O-])c(NCC#C)n1. The summed E-state index contributed by atoms with van der Waals surface area (Å²) in [6, 6.07) is 0. The van der Waals surface area contributed by atoms with Crippen LogP contribution in [0.15, 0.2) is 6.20 Å². The Hall–Kier alpha value is -2.80. The van der Waals surface area contributed by atoms with Gasteiger partial charge in [-0.2, -0.15) is 4.98 Å². The van der Waals surface area contributed by atoms with Crippen LogP contribution in [-0.4, -0.2) is 28.0 Å². The molecule has 0 atom stereocenters. The Morgan fingerprint density at radius 1 is 1.35 bits per heavy atom. The number of terminal acetylenes is 2. The summed E-state index contributed by atoms with van der Waals surface area (Å²) < 4.78 is 0. The van der Waals surface area contributed by atoms with Crippen molar-refractivity contribution >= 4 is 17.5 Å². The van der Waals surface area contributed by atoms with E-state index in [2.05, 4.69) is 32.4 Å². The van der Waals surface area contributed by atoms with E-state index < -0.39 is 4.92 Å². The van der Waals surface area contributed by atoms with Crippen molar-refractivity contribution in [3.05, 3.63) is 16.3 Å². The van der Waals surface area contributed by atoms with E-state index in [0.717, 1.165) is 6.20 Å². The molecule has 0 unspecified atom stereocenters. The zero-order valence-corrected chi connectivity index (χ0v) is 8.80. The zero-order valence-electron chi connectivity index (χ0n) is 8.80. The highest BCUT2D eigenvalue weighted by atomic mass is 16.6.